The van der Waals surface area contributed by atoms with E-state index in [-0.39, 0.29) is 0 Å². The molecule has 0 radical (unpaired) electrons. The first-order valence-corrected chi connectivity index (χ1v) is 20.3. The maximum atomic E-state index is 5.23. The molecule has 0 saturated carbocycles. The van der Waals surface area contributed by atoms with Gasteiger partial charge in [0.1, 0.15) is 11.5 Å². The molecule has 0 aliphatic carbocycles. The Kier molecular flexibility index (Phi) is 9.06. The Balaban J connectivity index is 1.04. The molecule has 0 unspecified atom stereocenters. The summed E-state index contributed by atoms with van der Waals surface area (Å²) in [6.07, 6.45) is 0. The van der Waals surface area contributed by atoms with Crippen LogP contribution in [0.4, 0.5) is 0 Å². The standard InChI is InChI=1S/C55H36N6/c1-5-15-37(16-6-1)39-25-31-43(32-26-39)50-56-51(44-33-27-40(28-34-44)38-17-7-2-8-18-38)58-52(57-50)45-35-29-41(30-36-45)49-47-23-13-14-24-48(47)55-60-53(42-19-9-3-10-20-42)59-54(61(49)55)46-21-11-4-12-22-46/h1-36H. The first-order chi connectivity index (χ1) is 30.2. The number of aromatic nitrogens is 6. The van der Waals surface area contributed by atoms with Crippen molar-refractivity contribution in [2.24, 2.45) is 0 Å². The van der Waals surface area contributed by atoms with Crippen molar-refractivity contribution in [3.63, 3.8) is 0 Å². The zero-order valence-electron chi connectivity index (χ0n) is 33.0. The summed E-state index contributed by atoms with van der Waals surface area (Å²) in [4.78, 5) is 25.7. The second kappa shape index (κ2) is 15.4. The topological polar surface area (TPSA) is 68.9 Å². The minimum atomic E-state index is 0.594. The Bertz CT molecular complexity index is 3190. The second-order valence-electron chi connectivity index (χ2n) is 14.9. The quantitative estimate of drug-likeness (QED) is 0.154. The van der Waals surface area contributed by atoms with Crippen molar-refractivity contribution in [3.8, 4) is 90.5 Å². The summed E-state index contributed by atoms with van der Waals surface area (Å²) in [7, 11) is 0. The molecule has 8 aromatic carbocycles. The van der Waals surface area contributed by atoms with Gasteiger partial charge in [-0.15, -0.1) is 0 Å². The monoisotopic (exact) mass is 780 g/mol. The van der Waals surface area contributed by atoms with E-state index in [1.54, 1.807) is 0 Å². The van der Waals surface area contributed by atoms with E-state index in [2.05, 4.69) is 186 Å². The normalized spacial score (nSPS) is 11.3. The summed E-state index contributed by atoms with van der Waals surface area (Å²) in [5.74, 6) is 3.32. The van der Waals surface area contributed by atoms with E-state index in [0.717, 1.165) is 83.6 Å². The lowest BCUT2D eigenvalue weighted by molar-refractivity contribution is 1.05. The summed E-state index contributed by atoms with van der Waals surface area (Å²) in [6, 6.07) is 75.1. The first-order valence-electron chi connectivity index (χ1n) is 20.3. The molecule has 3 heterocycles. The minimum absolute atomic E-state index is 0.594. The molecule has 0 spiro atoms. The lowest BCUT2D eigenvalue weighted by atomic mass is 10.0. The second-order valence-corrected chi connectivity index (χ2v) is 14.9. The Hall–Kier alpha value is -8.35. The molecule has 0 aliphatic heterocycles. The average molecular weight is 781 g/mol. The van der Waals surface area contributed by atoms with Gasteiger partial charge in [-0.05, 0) is 27.8 Å². The van der Waals surface area contributed by atoms with E-state index in [1.165, 1.54) is 0 Å². The van der Waals surface area contributed by atoms with Crippen molar-refractivity contribution in [2.45, 2.75) is 0 Å². The largest absolute Gasteiger partial charge is 0.277 e. The fourth-order valence-electron chi connectivity index (χ4n) is 8.03. The molecule has 0 bridgehead atoms. The molecule has 0 saturated heterocycles. The van der Waals surface area contributed by atoms with Gasteiger partial charge in [-0.3, -0.25) is 4.40 Å². The fraction of sp³-hybridized carbons (Fsp3) is 0. The Morgan fingerprint density at radius 2 is 0.541 bits per heavy atom. The number of rotatable bonds is 8. The third kappa shape index (κ3) is 6.82. The van der Waals surface area contributed by atoms with Crippen molar-refractivity contribution in [3.05, 3.63) is 218 Å². The van der Waals surface area contributed by atoms with E-state index in [4.69, 9.17) is 24.9 Å². The van der Waals surface area contributed by atoms with Crippen LogP contribution in [0, 0.1) is 0 Å². The van der Waals surface area contributed by atoms with Crippen molar-refractivity contribution < 1.29 is 0 Å². The fourth-order valence-corrected chi connectivity index (χ4v) is 8.03. The van der Waals surface area contributed by atoms with Gasteiger partial charge in [0, 0.05) is 38.6 Å². The van der Waals surface area contributed by atoms with Gasteiger partial charge in [0.15, 0.2) is 23.3 Å². The highest BCUT2D eigenvalue weighted by atomic mass is 15.1. The van der Waals surface area contributed by atoms with Crippen molar-refractivity contribution in [1.29, 1.82) is 0 Å². The van der Waals surface area contributed by atoms with Crippen LogP contribution in [0.1, 0.15) is 0 Å². The highest BCUT2D eigenvalue weighted by Gasteiger charge is 2.21. The van der Waals surface area contributed by atoms with Crippen LogP contribution >= 0.6 is 0 Å². The number of benzene rings is 8. The molecule has 61 heavy (non-hydrogen) atoms. The lowest BCUT2D eigenvalue weighted by Gasteiger charge is -2.13. The molecule has 0 atom stereocenters. The first kappa shape index (κ1) is 35.8. The van der Waals surface area contributed by atoms with Crippen molar-refractivity contribution in [2.75, 3.05) is 0 Å². The van der Waals surface area contributed by atoms with Crippen LogP contribution in [0.25, 0.3) is 107 Å². The smallest absolute Gasteiger partial charge is 0.164 e. The van der Waals surface area contributed by atoms with Gasteiger partial charge < -0.3 is 0 Å². The Labute approximate surface area is 353 Å². The third-order valence-electron chi connectivity index (χ3n) is 11.1. The van der Waals surface area contributed by atoms with Gasteiger partial charge in [-0.1, -0.05) is 218 Å². The summed E-state index contributed by atoms with van der Waals surface area (Å²) in [5.41, 5.74) is 12.2. The molecule has 6 nitrogen and oxygen atoms in total. The van der Waals surface area contributed by atoms with Crippen LogP contribution in [0.5, 0.6) is 0 Å². The molecule has 286 valence electrons. The summed E-state index contributed by atoms with van der Waals surface area (Å²) >= 11 is 0. The van der Waals surface area contributed by atoms with Crippen LogP contribution in [-0.4, -0.2) is 29.3 Å². The van der Waals surface area contributed by atoms with Crippen LogP contribution in [0.15, 0.2) is 218 Å². The van der Waals surface area contributed by atoms with E-state index < -0.39 is 0 Å². The maximum absolute atomic E-state index is 5.23. The maximum Gasteiger partial charge on any atom is 0.164 e. The molecular weight excluding hydrogens is 745 g/mol. The molecule has 6 heteroatoms. The van der Waals surface area contributed by atoms with Crippen LogP contribution in [0.2, 0.25) is 0 Å². The van der Waals surface area contributed by atoms with Gasteiger partial charge in [-0.25, -0.2) is 24.9 Å². The van der Waals surface area contributed by atoms with Crippen LogP contribution in [0.3, 0.4) is 0 Å². The van der Waals surface area contributed by atoms with E-state index >= 15 is 0 Å². The molecule has 11 aromatic rings. The highest BCUT2D eigenvalue weighted by molar-refractivity contribution is 6.06. The van der Waals surface area contributed by atoms with Gasteiger partial charge in [0.05, 0.1) is 5.69 Å². The number of hydrogen-bond donors (Lipinski definition) is 0. The molecule has 0 amide bonds. The van der Waals surface area contributed by atoms with Crippen molar-refractivity contribution in [1.82, 2.24) is 29.3 Å². The van der Waals surface area contributed by atoms with Gasteiger partial charge in [0.25, 0.3) is 0 Å². The minimum Gasteiger partial charge on any atom is -0.277 e. The third-order valence-corrected chi connectivity index (χ3v) is 11.1. The zero-order chi connectivity index (χ0) is 40.5. The molecule has 0 fully saturated rings. The Morgan fingerprint density at radius 1 is 0.230 bits per heavy atom. The summed E-state index contributed by atoms with van der Waals surface area (Å²) in [5, 5.41) is 2.15. The molecule has 0 aliphatic rings. The number of hydrogen-bond acceptors (Lipinski definition) is 5. The van der Waals surface area contributed by atoms with E-state index in [1.807, 2.05) is 36.4 Å². The predicted octanol–water partition coefficient (Wildman–Crippen LogP) is 13.4. The average Bonchev–Trinajstić information content (AvgIpc) is 3.69. The SMILES string of the molecule is c1ccc(-c2ccc(-c3nc(-c4ccc(-c5ccccc5)cc4)nc(-c4ccc(-c5c6ccccc6c6nc(-c7ccccc7)nc(-c7ccccc7)n56)cc4)n3)cc2)cc1. The Morgan fingerprint density at radius 3 is 1.00 bits per heavy atom. The van der Waals surface area contributed by atoms with E-state index in [0.29, 0.717) is 23.3 Å². The summed E-state index contributed by atoms with van der Waals surface area (Å²) < 4.78 is 2.21. The molecular formula is C55H36N6. The van der Waals surface area contributed by atoms with E-state index in [9.17, 15) is 0 Å². The highest BCUT2D eigenvalue weighted by Crippen LogP contribution is 2.38. The van der Waals surface area contributed by atoms with Crippen molar-refractivity contribution >= 4 is 16.4 Å². The molecule has 0 N–H and O–H groups in total. The zero-order valence-corrected chi connectivity index (χ0v) is 33.0. The molecule has 11 rings (SSSR count). The number of fused-ring (bicyclic) bond motifs is 3. The molecule has 3 aromatic heterocycles. The number of nitrogens with zero attached hydrogens (tertiary/aromatic N) is 6. The van der Waals surface area contributed by atoms with Gasteiger partial charge in [0.2, 0.25) is 0 Å². The predicted molar refractivity (Wildman–Crippen MR) is 247 cm³/mol. The van der Waals surface area contributed by atoms with Gasteiger partial charge >= 0.3 is 0 Å². The van der Waals surface area contributed by atoms with Gasteiger partial charge in [-0.2, -0.15) is 0 Å². The van der Waals surface area contributed by atoms with Crippen LogP contribution < -0.4 is 0 Å². The summed E-state index contributed by atoms with van der Waals surface area (Å²) in [6.45, 7) is 0. The lowest BCUT2D eigenvalue weighted by Crippen LogP contribution is -2.03. The van der Waals surface area contributed by atoms with Crippen LogP contribution in [-0.2, 0) is 0 Å².